The monoisotopic (exact) mass is 467 g/mol. The van der Waals surface area contributed by atoms with Crippen molar-refractivity contribution in [1.82, 2.24) is 29.5 Å². The third-order valence-corrected chi connectivity index (χ3v) is 8.18. The fourth-order valence-corrected chi connectivity index (χ4v) is 5.99. The zero-order chi connectivity index (χ0) is 22.6. The number of rotatable bonds is 5. The number of anilines is 1. The predicted octanol–water partition coefficient (Wildman–Crippen LogP) is 4.85. The van der Waals surface area contributed by atoms with Crippen molar-refractivity contribution in [2.24, 2.45) is 5.92 Å². The summed E-state index contributed by atoms with van der Waals surface area (Å²) in [5.74, 6) is 2.62. The molecule has 170 valence electrons. The number of thiophene rings is 1. The molecule has 1 saturated heterocycles. The van der Waals surface area contributed by atoms with Gasteiger partial charge in [0.1, 0.15) is 23.4 Å². The number of imidazole rings is 1. The average molecular weight is 468 g/mol. The molecule has 0 radical (unpaired) electrons. The van der Waals surface area contributed by atoms with E-state index in [1.165, 1.54) is 32.4 Å². The van der Waals surface area contributed by atoms with Crippen LogP contribution in [0.4, 0.5) is 5.82 Å². The molecule has 2 aliphatic rings. The number of hydrogen-bond acceptors (Lipinski definition) is 7. The summed E-state index contributed by atoms with van der Waals surface area (Å²) in [7, 11) is 0. The number of nitrogens with zero attached hydrogens (tertiary/aromatic N) is 6. The van der Waals surface area contributed by atoms with Crippen LogP contribution in [0.15, 0.2) is 54.2 Å². The Morgan fingerprint density at radius 1 is 1.06 bits per heavy atom. The molecule has 5 heterocycles. The zero-order valence-corrected chi connectivity index (χ0v) is 19.6. The number of aromatic nitrogens is 5. The summed E-state index contributed by atoms with van der Waals surface area (Å²) < 4.78 is 1.92. The van der Waals surface area contributed by atoms with Crippen LogP contribution in [-0.2, 0) is 0 Å². The zero-order valence-electron chi connectivity index (χ0n) is 18.8. The van der Waals surface area contributed by atoms with Crippen LogP contribution in [-0.4, -0.2) is 49.1 Å². The largest absolute Gasteiger partial charge is 0.382 e. The van der Waals surface area contributed by atoms with Crippen LogP contribution in [0.3, 0.4) is 0 Å². The van der Waals surface area contributed by atoms with E-state index in [0.29, 0.717) is 11.7 Å². The minimum atomic E-state index is 0.408. The van der Waals surface area contributed by atoms with E-state index in [-0.39, 0.29) is 0 Å². The molecule has 1 aliphatic heterocycles. The number of likely N-dealkylation sites (tertiary alicyclic amines) is 1. The summed E-state index contributed by atoms with van der Waals surface area (Å²) in [5, 5.41) is 7.73. The number of fused-ring (bicyclic) bond motifs is 2. The fraction of sp³-hybridized carbons (Fsp3) is 0.308. The first-order chi connectivity index (χ1) is 16.7. The van der Waals surface area contributed by atoms with Crippen LogP contribution in [0.5, 0.6) is 0 Å². The van der Waals surface area contributed by atoms with Crippen molar-refractivity contribution in [2.75, 3.05) is 25.4 Å². The van der Waals surface area contributed by atoms with Gasteiger partial charge in [-0.1, -0.05) is 24.3 Å². The van der Waals surface area contributed by atoms with Gasteiger partial charge in [-0.3, -0.25) is 0 Å². The first-order valence-corrected chi connectivity index (χ1v) is 12.8. The quantitative estimate of drug-likeness (QED) is 0.398. The summed E-state index contributed by atoms with van der Waals surface area (Å²) in [6.07, 6.45) is 5.18. The first kappa shape index (κ1) is 20.1. The highest BCUT2D eigenvalue weighted by Crippen LogP contribution is 2.43. The standard InChI is InChI=1S/C26H25N7S/c27-25-24-23(18-5-4-17-6-7-20(30-21(17)13-18)22-3-1-10-34-22)31-26(33(24)29-15-28-25)19-11-16(12-19)14-32-8-2-9-32/h1,3-7,10,13,15-16,19H,2,8-9,11-12,14H2,(H2,27,28,29). The van der Waals surface area contributed by atoms with E-state index in [0.717, 1.165) is 62.8 Å². The predicted molar refractivity (Wildman–Crippen MR) is 136 cm³/mol. The van der Waals surface area contributed by atoms with Gasteiger partial charge in [0, 0.05) is 23.4 Å². The van der Waals surface area contributed by atoms with E-state index in [1.54, 1.807) is 11.3 Å². The van der Waals surface area contributed by atoms with Gasteiger partial charge in [0.2, 0.25) is 0 Å². The molecule has 7 rings (SSSR count). The maximum Gasteiger partial charge on any atom is 0.153 e. The van der Waals surface area contributed by atoms with Crippen LogP contribution in [0.25, 0.3) is 38.2 Å². The number of benzene rings is 1. The smallest absolute Gasteiger partial charge is 0.153 e. The molecular formula is C26H25N7S. The van der Waals surface area contributed by atoms with Gasteiger partial charge in [-0.25, -0.2) is 19.5 Å². The second-order valence-electron chi connectivity index (χ2n) is 9.49. The Hall–Kier alpha value is -3.36. The maximum atomic E-state index is 6.35. The molecule has 7 nitrogen and oxygen atoms in total. The van der Waals surface area contributed by atoms with E-state index >= 15 is 0 Å². The first-order valence-electron chi connectivity index (χ1n) is 11.9. The highest BCUT2D eigenvalue weighted by atomic mass is 32.1. The lowest BCUT2D eigenvalue weighted by molar-refractivity contribution is 0.107. The molecule has 0 atom stereocenters. The highest BCUT2D eigenvalue weighted by molar-refractivity contribution is 7.13. The lowest BCUT2D eigenvalue weighted by Crippen LogP contribution is -2.43. The molecule has 0 unspecified atom stereocenters. The molecule has 34 heavy (non-hydrogen) atoms. The molecule has 2 fully saturated rings. The third-order valence-electron chi connectivity index (χ3n) is 7.29. The van der Waals surface area contributed by atoms with Gasteiger partial charge in [0.15, 0.2) is 5.82 Å². The molecular weight excluding hydrogens is 442 g/mol. The highest BCUT2D eigenvalue weighted by Gasteiger charge is 2.36. The van der Waals surface area contributed by atoms with Crippen LogP contribution < -0.4 is 5.73 Å². The van der Waals surface area contributed by atoms with Gasteiger partial charge in [-0.2, -0.15) is 5.10 Å². The average Bonchev–Trinajstić information content (AvgIpc) is 3.46. The Morgan fingerprint density at radius 2 is 1.94 bits per heavy atom. The van der Waals surface area contributed by atoms with Crippen molar-refractivity contribution in [3.05, 3.63) is 60.0 Å². The van der Waals surface area contributed by atoms with E-state index in [1.807, 2.05) is 4.52 Å². The molecule has 1 aliphatic carbocycles. The van der Waals surface area contributed by atoms with E-state index in [2.05, 4.69) is 62.8 Å². The van der Waals surface area contributed by atoms with Crippen molar-refractivity contribution >= 4 is 33.6 Å². The Bertz CT molecular complexity index is 1500. The number of hydrogen-bond donors (Lipinski definition) is 1. The third kappa shape index (κ3) is 3.28. The summed E-state index contributed by atoms with van der Waals surface area (Å²) in [6, 6.07) is 14.7. The minimum absolute atomic E-state index is 0.408. The molecule has 1 aromatic carbocycles. The van der Waals surface area contributed by atoms with E-state index in [9.17, 15) is 0 Å². The van der Waals surface area contributed by atoms with Crippen LogP contribution >= 0.6 is 11.3 Å². The molecule has 2 N–H and O–H groups in total. The Kier molecular flexibility index (Phi) is 4.63. The van der Waals surface area contributed by atoms with Gasteiger partial charge in [-0.15, -0.1) is 11.3 Å². The molecule has 0 bridgehead atoms. The minimum Gasteiger partial charge on any atom is -0.382 e. The van der Waals surface area contributed by atoms with Crippen LogP contribution in [0.2, 0.25) is 0 Å². The summed E-state index contributed by atoms with van der Waals surface area (Å²) >= 11 is 1.70. The summed E-state index contributed by atoms with van der Waals surface area (Å²) in [6.45, 7) is 3.73. The van der Waals surface area contributed by atoms with Gasteiger partial charge >= 0.3 is 0 Å². The Balaban J connectivity index is 1.27. The van der Waals surface area contributed by atoms with Crippen molar-refractivity contribution in [3.63, 3.8) is 0 Å². The number of nitrogens with two attached hydrogens (primary N) is 1. The van der Waals surface area contributed by atoms with E-state index in [4.69, 9.17) is 15.7 Å². The topological polar surface area (TPSA) is 85.2 Å². The van der Waals surface area contributed by atoms with E-state index < -0.39 is 0 Å². The summed E-state index contributed by atoms with van der Waals surface area (Å²) in [4.78, 5) is 18.0. The molecule has 8 heteroatoms. The number of nitrogen functional groups attached to an aromatic ring is 1. The lowest BCUT2D eigenvalue weighted by atomic mass is 9.74. The fourth-order valence-electron chi connectivity index (χ4n) is 5.29. The van der Waals surface area contributed by atoms with Gasteiger partial charge in [0.05, 0.1) is 16.1 Å². The van der Waals surface area contributed by atoms with Crippen molar-refractivity contribution in [1.29, 1.82) is 0 Å². The Morgan fingerprint density at radius 3 is 2.74 bits per heavy atom. The molecule has 4 aromatic heterocycles. The van der Waals surface area contributed by atoms with Crippen molar-refractivity contribution in [2.45, 2.75) is 25.2 Å². The van der Waals surface area contributed by atoms with Crippen LogP contribution in [0, 0.1) is 5.92 Å². The second kappa shape index (κ2) is 7.85. The maximum absolute atomic E-state index is 6.35. The number of pyridine rings is 1. The van der Waals surface area contributed by atoms with Crippen molar-refractivity contribution in [3.8, 4) is 21.8 Å². The molecule has 5 aromatic rings. The normalized spacial score (nSPS) is 20.5. The van der Waals surface area contributed by atoms with Gasteiger partial charge in [-0.05, 0) is 61.8 Å². The molecule has 1 saturated carbocycles. The van der Waals surface area contributed by atoms with Gasteiger partial charge in [0.25, 0.3) is 0 Å². The summed E-state index contributed by atoms with van der Waals surface area (Å²) in [5.41, 5.74) is 10.9. The Labute approximate surface area is 201 Å². The lowest BCUT2D eigenvalue weighted by Gasteiger charge is -2.41. The van der Waals surface area contributed by atoms with Gasteiger partial charge < -0.3 is 10.6 Å². The van der Waals surface area contributed by atoms with Crippen LogP contribution in [0.1, 0.15) is 31.0 Å². The van der Waals surface area contributed by atoms with Crippen molar-refractivity contribution < 1.29 is 0 Å². The SMILES string of the molecule is Nc1ncnn2c(C3CC(CN4CCC4)C3)nc(-c3ccc4ccc(-c5cccs5)nc4c3)c12. The second-order valence-corrected chi connectivity index (χ2v) is 10.4. The molecule has 0 spiro atoms. The molecule has 0 amide bonds.